The molecular formula is C62H36N2. The minimum atomic E-state index is 0.969. The van der Waals surface area contributed by atoms with Gasteiger partial charge in [0.2, 0.25) is 0 Å². The van der Waals surface area contributed by atoms with Gasteiger partial charge in [-0.2, -0.15) is 0 Å². The highest BCUT2D eigenvalue weighted by Crippen LogP contribution is 2.51. The molecule has 0 fully saturated rings. The second kappa shape index (κ2) is 13.4. The predicted octanol–water partition coefficient (Wildman–Crippen LogP) is 16.6. The van der Waals surface area contributed by atoms with Gasteiger partial charge in [0.15, 0.2) is 0 Å². The first-order valence-electron chi connectivity index (χ1n) is 22.0. The molecule has 14 aromatic rings. The number of hydrogen-bond acceptors (Lipinski definition) is 0. The third-order valence-corrected chi connectivity index (χ3v) is 13.6. The monoisotopic (exact) mass is 808 g/mol. The summed E-state index contributed by atoms with van der Waals surface area (Å²) < 4.78 is 5.01. The first-order valence-corrected chi connectivity index (χ1v) is 22.0. The van der Waals surface area contributed by atoms with E-state index >= 15 is 0 Å². The van der Waals surface area contributed by atoms with E-state index in [1.807, 2.05) is 0 Å². The van der Waals surface area contributed by atoms with Gasteiger partial charge in [-0.3, -0.25) is 0 Å². The van der Waals surface area contributed by atoms with Crippen molar-refractivity contribution in [1.29, 1.82) is 0 Å². The molecule has 14 rings (SSSR count). The second-order valence-electron chi connectivity index (χ2n) is 17.1. The first-order chi connectivity index (χ1) is 31.8. The van der Waals surface area contributed by atoms with E-state index in [0.29, 0.717) is 0 Å². The summed E-state index contributed by atoms with van der Waals surface area (Å²) in [5.41, 5.74) is 11.6. The lowest BCUT2D eigenvalue weighted by atomic mass is 9.89. The van der Waals surface area contributed by atoms with Crippen molar-refractivity contribution in [1.82, 2.24) is 9.13 Å². The molecule has 0 radical (unpaired) electrons. The van der Waals surface area contributed by atoms with Crippen LogP contribution < -0.4 is 0 Å². The molecule has 64 heavy (non-hydrogen) atoms. The molecule has 0 bridgehead atoms. The molecule has 2 heteroatoms. The summed E-state index contributed by atoms with van der Waals surface area (Å²) >= 11 is 0. The molecule has 294 valence electrons. The minimum absolute atomic E-state index is 0.969. The van der Waals surface area contributed by atoms with E-state index in [1.54, 1.807) is 0 Å². The fourth-order valence-electron chi connectivity index (χ4n) is 10.8. The van der Waals surface area contributed by atoms with Gasteiger partial charge in [-0.25, -0.2) is 0 Å². The van der Waals surface area contributed by atoms with Crippen LogP contribution in [-0.4, -0.2) is 9.13 Å². The Kier molecular flexibility index (Phi) is 7.35. The molecule has 2 heterocycles. The Balaban J connectivity index is 1.25. The normalized spacial score (nSPS) is 11.9. The van der Waals surface area contributed by atoms with Crippen LogP contribution in [0.15, 0.2) is 218 Å². The molecule has 0 spiro atoms. The summed E-state index contributed by atoms with van der Waals surface area (Å²) in [7, 11) is 0. The SMILES string of the molecule is c1c(-n2c3ccc(-c4ccccc4)cc3c3c4ccccc4c4c5c6cc(-c7ccccc7)ccc6n(-c6ccc7ccccc7c6)c5c5ccccc5c4c32)cc2ccccc2c#1. The van der Waals surface area contributed by atoms with Crippen molar-refractivity contribution < 1.29 is 0 Å². The Morgan fingerprint density at radius 2 is 0.812 bits per heavy atom. The zero-order valence-corrected chi connectivity index (χ0v) is 34.7. The van der Waals surface area contributed by atoms with Crippen LogP contribution in [0.5, 0.6) is 0 Å². The van der Waals surface area contributed by atoms with Gasteiger partial charge in [-0.1, -0.05) is 176 Å². The maximum atomic E-state index is 3.67. The molecule has 0 aliphatic rings. The zero-order valence-electron chi connectivity index (χ0n) is 34.7. The van der Waals surface area contributed by atoms with Crippen molar-refractivity contribution in [3.63, 3.8) is 0 Å². The van der Waals surface area contributed by atoms with E-state index in [0.717, 1.165) is 27.7 Å². The number of fused-ring (bicyclic) bond motifs is 17. The molecule has 0 aliphatic heterocycles. The molecule has 0 N–H and O–H groups in total. The van der Waals surface area contributed by atoms with Gasteiger partial charge in [0.25, 0.3) is 0 Å². The van der Waals surface area contributed by atoms with E-state index in [9.17, 15) is 0 Å². The smallest absolute Gasteiger partial charge is 0.0980 e. The Morgan fingerprint density at radius 3 is 1.52 bits per heavy atom. The third-order valence-electron chi connectivity index (χ3n) is 13.6. The van der Waals surface area contributed by atoms with Crippen molar-refractivity contribution >= 4 is 97.5 Å². The summed E-state index contributed by atoms with van der Waals surface area (Å²) in [4.78, 5) is 0. The fourth-order valence-corrected chi connectivity index (χ4v) is 10.8. The van der Waals surface area contributed by atoms with Crippen LogP contribution >= 0.6 is 0 Å². The molecule has 0 atom stereocenters. The van der Waals surface area contributed by atoms with Gasteiger partial charge in [-0.05, 0) is 109 Å². The Bertz CT molecular complexity index is 4230. The maximum Gasteiger partial charge on any atom is 0.0980 e. The van der Waals surface area contributed by atoms with Gasteiger partial charge in [-0.15, -0.1) is 0 Å². The Hall–Kier alpha value is -8.64. The zero-order chi connectivity index (χ0) is 41.9. The quantitative estimate of drug-likeness (QED) is 0.157. The van der Waals surface area contributed by atoms with E-state index in [4.69, 9.17) is 0 Å². The van der Waals surface area contributed by atoms with Crippen LogP contribution in [0.2, 0.25) is 0 Å². The van der Waals surface area contributed by atoms with Crippen molar-refractivity contribution in [2.24, 2.45) is 0 Å². The molecule has 0 amide bonds. The highest BCUT2D eigenvalue weighted by Gasteiger charge is 2.26. The number of aromatic nitrogens is 2. The maximum absolute atomic E-state index is 3.67. The number of nitrogens with zero attached hydrogens (tertiary/aromatic N) is 2. The molecule has 12 aromatic carbocycles. The van der Waals surface area contributed by atoms with Crippen molar-refractivity contribution in [2.45, 2.75) is 0 Å². The molecule has 2 aromatic heterocycles. The third kappa shape index (κ3) is 4.98. The molecule has 0 saturated carbocycles. The number of benzene rings is 11. The lowest BCUT2D eigenvalue weighted by molar-refractivity contribution is 1.19. The fraction of sp³-hybridized carbons (Fsp3) is 0. The van der Waals surface area contributed by atoms with Gasteiger partial charge in [0.1, 0.15) is 0 Å². The average molecular weight is 809 g/mol. The van der Waals surface area contributed by atoms with E-state index in [2.05, 4.69) is 240 Å². The van der Waals surface area contributed by atoms with Gasteiger partial charge in [0.05, 0.1) is 27.8 Å². The van der Waals surface area contributed by atoms with Crippen LogP contribution in [0, 0.1) is 12.1 Å². The summed E-state index contributed by atoms with van der Waals surface area (Å²) in [5.74, 6) is 0. The second-order valence-corrected chi connectivity index (χ2v) is 17.1. The molecule has 0 unspecified atom stereocenters. The van der Waals surface area contributed by atoms with E-state index in [1.165, 1.54) is 103 Å². The molecule has 2 nitrogen and oxygen atoms in total. The first kappa shape index (κ1) is 35.0. The lowest BCUT2D eigenvalue weighted by Gasteiger charge is -2.17. The van der Waals surface area contributed by atoms with E-state index in [-0.39, 0.29) is 0 Å². The summed E-state index contributed by atoms with van der Waals surface area (Å²) in [6, 6.07) is 87.4. The largest absolute Gasteiger partial charge is 0.309 e. The molecule has 0 saturated heterocycles. The summed E-state index contributed by atoms with van der Waals surface area (Å²) in [5, 5.41) is 16.9. The number of hydrogen-bond donors (Lipinski definition) is 0. The standard InChI is InChI=1S/C62H36N2/c1-3-15-39(16-4-1)45-29-33-55-53(37-45)57-49-23-11-12-24-50(49)58-59(62(57)64(55)48-32-28-42-20-8-10-22-44(42)36-48)51-25-13-14-26-52(51)61-60(58)54-38-46(40-17-5-2-6-18-40)30-34-56(54)63(61)47-31-27-41-19-7-9-21-43(41)35-47/h1-27,29-31,33-38H. The highest BCUT2D eigenvalue weighted by molar-refractivity contribution is 6.45. The topological polar surface area (TPSA) is 9.86 Å². The summed E-state index contributed by atoms with van der Waals surface area (Å²) in [6.45, 7) is 0. The molecular weight excluding hydrogens is 773 g/mol. The summed E-state index contributed by atoms with van der Waals surface area (Å²) in [6.07, 6.45) is 0. The lowest BCUT2D eigenvalue weighted by Crippen LogP contribution is -1.97. The van der Waals surface area contributed by atoms with Crippen LogP contribution in [0.3, 0.4) is 0 Å². The van der Waals surface area contributed by atoms with Crippen molar-refractivity contribution in [3.05, 3.63) is 231 Å². The van der Waals surface area contributed by atoms with Gasteiger partial charge >= 0.3 is 0 Å². The predicted molar refractivity (Wildman–Crippen MR) is 271 cm³/mol. The van der Waals surface area contributed by atoms with Crippen LogP contribution in [0.4, 0.5) is 0 Å². The van der Waals surface area contributed by atoms with Crippen molar-refractivity contribution in [2.75, 3.05) is 0 Å². The van der Waals surface area contributed by atoms with Crippen LogP contribution in [0.25, 0.3) is 131 Å². The van der Waals surface area contributed by atoms with E-state index < -0.39 is 0 Å². The number of rotatable bonds is 4. The highest BCUT2D eigenvalue weighted by atomic mass is 15.0. The minimum Gasteiger partial charge on any atom is -0.309 e. The van der Waals surface area contributed by atoms with Crippen molar-refractivity contribution in [3.8, 4) is 33.6 Å². The van der Waals surface area contributed by atoms with Crippen LogP contribution in [0.1, 0.15) is 0 Å². The molecule has 0 aliphatic carbocycles. The Labute approximate surface area is 369 Å². The van der Waals surface area contributed by atoms with Gasteiger partial charge in [0, 0.05) is 48.8 Å². The Morgan fingerprint density at radius 1 is 0.281 bits per heavy atom. The average Bonchev–Trinajstić information content (AvgIpc) is 3.90. The van der Waals surface area contributed by atoms with Gasteiger partial charge < -0.3 is 9.13 Å². The van der Waals surface area contributed by atoms with Crippen LogP contribution in [-0.2, 0) is 0 Å².